The molecule has 0 aliphatic carbocycles. The van der Waals surface area contributed by atoms with E-state index < -0.39 is 0 Å². The van der Waals surface area contributed by atoms with Crippen LogP contribution in [0.15, 0.2) is 0 Å². The Balaban J connectivity index is 2.15. The molecule has 3 heteroatoms. The summed E-state index contributed by atoms with van der Waals surface area (Å²) in [7, 11) is 0. The van der Waals surface area contributed by atoms with Crippen LogP contribution in [0.25, 0.3) is 0 Å². The van der Waals surface area contributed by atoms with Gasteiger partial charge in [-0.05, 0) is 19.4 Å². The molecule has 1 aliphatic heterocycles. The SMILES string of the molecule is NCCC1CCOCCO1. The van der Waals surface area contributed by atoms with Crippen LogP contribution in [0.2, 0.25) is 0 Å². The highest BCUT2D eigenvalue weighted by Crippen LogP contribution is 2.06. The summed E-state index contributed by atoms with van der Waals surface area (Å²) in [5.74, 6) is 0. The second-order valence-electron chi connectivity index (χ2n) is 2.47. The second kappa shape index (κ2) is 4.66. The predicted molar refractivity (Wildman–Crippen MR) is 38.8 cm³/mol. The van der Waals surface area contributed by atoms with E-state index in [1.54, 1.807) is 0 Å². The quantitative estimate of drug-likeness (QED) is 0.601. The minimum atomic E-state index is 0.340. The van der Waals surface area contributed by atoms with Gasteiger partial charge in [-0.1, -0.05) is 0 Å². The first-order chi connectivity index (χ1) is 4.93. The summed E-state index contributed by atoms with van der Waals surface area (Å²) >= 11 is 0. The average Bonchev–Trinajstić information content (AvgIpc) is 2.17. The highest BCUT2D eigenvalue weighted by atomic mass is 16.5. The third-order valence-corrected chi connectivity index (χ3v) is 1.65. The van der Waals surface area contributed by atoms with Gasteiger partial charge in [-0.3, -0.25) is 0 Å². The molecule has 0 saturated carbocycles. The molecule has 3 nitrogen and oxygen atoms in total. The minimum Gasteiger partial charge on any atom is -0.379 e. The normalized spacial score (nSPS) is 27.9. The summed E-state index contributed by atoms with van der Waals surface area (Å²) in [5, 5.41) is 0. The molecular formula is C7H15NO2. The number of hydrogen-bond donors (Lipinski definition) is 1. The van der Waals surface area contributed by atoms with E-state index in [9.17, 15) is 0 Å². The molecule has 1 heterocycles. The van der Waals surface area contributed by atoms with Crippen molar-refractivity contribution in [2.75, 3.05) is 26.4 Å². The number of hydrogen-bond acceptors (Lipinski definition) is 3. The molecule has 0 radical (unpaired) electrons. The first-order valence-corrected chi connectivity index (χ1v) is 3.83. The van der Waals surface area contributed by atoms with Crippen LogP contribution in [0.3, 0.4) is 0 Å². The van der Waals surface area contributed by atoms with Gasteiger partial charge in [0.2, 0.25) is 0 Å². The Kier molecular flexibility index (Phi) is 3.72. The lowest BCUT2D eigenvalue weighted by Crippen LogP contribution is -2.17. The van der Waals surface area contributed by atoms with Gasteiger partial charge < -0.3 is 15.2 Å². The zero-order valence-corrected chi connectivity index (χ0v) is 6.21. The molecule has 0 amide bonds. The van der Waals surface area contributed by atoms with Crippen molar-refractivity contribution in [1.29, 1.82) is 0 Å². The molecule has 10 heavy (non-hydrogen) atoms. The van der Waals surface area contributed by atoms with Crippen LogP contribution < -0.4 is 5.73 Å². The van der Waals surface area contributed by atoms with E-state index in [-0.39, 0.29) is 0 Å². The summed E-state index contributed by atoms with van der Waals surface area (Å²) in [6.07, 6.45) is 2.30. The van der Waals surface area contributed by atoms with Crippen molar-refractivity contribution >= 4 is 0 Å². The van der Waals surface area contributed by atoms with Crippen LogP contribution in [-0.2, 0) is 9.47 Å². The first-order valence-electron chi connectivity index (χ1n) is 3.83. The topological polar surface area (TPSA) is 44.5 Å². The van der Waals surface area contributed by atoms with Crippen LogP contribution in [0.4, 0.5) is 0 Å². The summed E-state index contributed by atoms with van der Waals surface area (Å²) in [6, 6.07) is 0. The molecule has 1 rings (SSSR count). The first kappa shape index (κ1) is 7.98. The van der Waals surface area contributed by atoms with E-state index in [4.69, 9.17) is 15.2 Å². The number of rotatable bonds is 2. The van der Waals surface area contributed by atoms with Gasteiger partial charge >= 0.3 is 0 Å². The monoisotopic (exact) mass is 145 g/mol. The predicted octanol–water partition coefficient (Wildman–Crippen LogP) is 0.141. The fraction of sp³-hybridized carbons (Fsp3) is 1.00. The molecule has 1 atom stereocenters. The summed E-state index contributed by atoms with van der Waals surface area (Å²) < 4.78 is 10.6. The molecule has 60 valence electrons. The van der Waals surface area contributed by atoms with E-state index in [0.29, 0.717) is 12.6 Å². The average molecular weight is 145 g/mol. The molecule has 0 aromatic heterocycles. The Bertz CT molecular complexity index is 79.7. The van der Waals surface area contributed by atoms with E-state index >= 15 is 0 Å². The Labute approximate surface area is 61.5 Å². The lowest BCUT2D eigenvalue weighted by molar-refractivity contribution is 0.0507. The minimum absolute atomic E-state index is 0.340. The molecule has 0 spiro atoms. The fourth-order valence-corrected chi connectivity index (χ4v) is 1.09. The van der Waals surface area contributed by atoms with Gasteiger partial charge in [0.25, 0.3) is 0 Å². The van der Waals surface area contributed by atoms with Crippen molar-refractivity contribution in [2.24, 2.45) is 5.73 Å². The fourth-order valence-electron chi connectivity index (χ4n) is 1.09. The molecule has 2 N–H and O–H groups in total. The van der Waals surface area contributed by atoms with Gasteiger partial charge in [-0.25, -0.2) is 0 Å². The van der Waals surface area contributed by atoms with Crippen LogP contribution in [-0.4, -0.2) is 32.5 Å². The van der Waals surface area contributed by atoms with Gasteiger partial charge in [0.15, 0.2) is 0 Å². The van der Waals surface area contributed by atoms with E-state index in [0.717, 1.165) is 32.7 Å². The zero-order chi connectivity index (χ0) is 7.23. The summed E-state index contributed by atoms with van der Waals surface area (Å²) in [4.78, 5) is 0. The van der Waals surface area contributed by atoms with Gasteiger partial charge in [0.1, 0.15) is 0 Å². The van der Waals surface area contributed by atoms with Gasteiger partial charge in [-0.2, -0.15) is 0 Å². The number of ether oxygens (including phenoxy) is 2. The maximum absolute atomic E-state index is 5.44. The molecule has 1 saturated heterocycles. The van der Waals surface area contributed by atoms with Gasteiger partial charge in [0.05, 0.1) is 19.3 Å². The van der Waals surface area contributed by atoms with Crippen molar-refractivity contribution in [2.45, 2.75) is 18.9 Å². The molecule has 0 bridgehead atoms. The van der Waals surface area contributed by atoms with Crippen molar-refractivity contribution in [3.8, 4) is 0 Å². The van der Waals surface area contributed by atoms with E-state index in [1.165, 1.54) is 0 Å². The number of nitrogens with two attached hydrogens (primary N) is 1. The van der Waals surface area contributed by atoms with E-state index in [2.05, 4.69) is 0 Å². The maximum atomic E-state index is 5.44. The standard InChI is InChI=1S/C7H15NO2/c8-3-1-7-2-4-9-5-6-10-7/h7H,1-6,8H2. The highest BCUT2D eigenvalue weighted by Gasteiger charge is 2.10. The van der Waals surface area contributed by atoms with Crippen LogP contribution in [0, 0.1) is 0 Å². The Morgan fingerprint density at radius 2 is 2.20 bits per heavy atom. The third-order valence-electron chi connectivity index (χ3n) is 1.65. The Morgan fingerprint density at radius 3 is 3.00 bits per heavy atom. The largest absolute Gasteiger partial charge is 0.379 e. The molecule has 0 aromatic rings. The summed E-state index contributed by atoms with van der Waals surface area (Å²) in [5.41, 5.74) is 5.39. The summed E-state index contributed by atoms with van der Waals surface area (Å²) in [6.45, 7) is 3.00. The molecule has 1 fully saturated rings. The van der Waals surface area contributed by atoms with Crippen LogP contribution in [0.1, 0.15) is 12.8 Å². The van der Waals surface area contributed by atoms with Crippen LogP contribution >= 0.6 is 0 Å². The van der Waals surface area contributed by atoms with Crippen molar-refractivity contribution in [3.05, 3.63) is 0 Å². The third kappa shape index (κ3) is 2.64. The molecule has 0 aromatic carbocycles. The smallest absolute Gasteiger partial charge is 0.0704 e. The molecule has 1 aliphatic rings. The second-order valence-corrected chi connectivity index (χ2v) is 2.47. The Hall–Kier alpha value is -0.120. The maximum Gasteiger partial charge on any atom is 0.0704 e. The van der Waals surface area contributed by atoms with Crippen molar-refractivity contribution in [1.82, 2.24) is 0 Å². The van der Waals surface area contributed by atoms with Gasteiger partial charge in [0, 0.05) is 6.61 Å². The highest BCUT2D eigenvalue weighted by molar-refractivity contribution is 4.60. The van der Waals surface area contributed by atoms with E-state index in [1.807, 2.05) is 0 Å². The lowest BCUT2D eigenvalue weighted by Gasteiger charge is -2.11. The van der Waals surface area contributed by atoms with Crippen molar-refractivity contribution in [3.63, 3.8) is 0 Å². The zero-order valence-electron chi connectivity index (χ0n) is 6.21. The van der Waals surface area contributed by atoms with Crippen LogP contribution in [0.5, 0.6) is 0 Å². The van der Waals surface area contributed by atoms with Crippen molar-refractivity contribution < 1.29 is 9.47 Å². The lowest BCUT2D eigenvalue weighted by atomic mass is 10.2. The Morgan fingerprint density at radius 1 is 1.30 bits per heavy atom. The molecule has 1 unspecified atom stereocenters. The molecular weight excluding hydrogens is 130 g/mol. The van der Waals surface area contributed by atoms with Gasteiger partial charge in [-0.15, -0.1) is 0 Å².